The molecule has 0 unspecified atom stereocenters. The second-order valence-corrected chi connectivity index (χ2v) is 3.38. The lowest BCUT2D eigenvalue weighted by molar-refractivity contribution is 0.0165. The highest BCUT2D eigenvalue weighted by atomic mass is 19.3. The van der Waals surface area contributed by atoms with Gasteiger partial charge in [-0.3, -0.25) is 0 Å². The molecule has 0 atom stereocenters. The summed E-state index contributed by atoms with van der Waals surface area (Å²) in [6.07, 6.45) is 0.279. The number of hydrogen-bond donors (Lipinski definition) is 1. The molecule has 0 radical (unpaired) electrons. The number of carbonyl (C=O) groups is 1. The first-order chi connectivity index (χ1) is 6.88. The molecule has 0 heterocycles. The van der Waals surface area contributed by atoms with Crippen LogP contribution in [-0.2, 0) is 12.3 Å². The number of carboxylic acids is 1. The van der Waals surface area contributed by atoms with Gasteiger partial charge in [0.25, 0.3) is 5.92 Å². The minimum absolute atomic E-state index is 0.0449. The SMILES string of the molecule is CCc1c(C(=O)O)cccc1C(C)(F)F. The van der Waals surface area contributed by atoms with Crippen LogP contribution < -0.4 is 0 Å². The highest BCUT2D eigenvalue weighted by Crippen LogP contribution is 2.31. The third kappa shape index (κ3) is 2.32. The Hall–Kier alpha value is -1.45. The third-order valence-corrected chi connectivity index (χ3v) is 2.23. The Morgan fingerprint density at radius 2 is 2.07 bits per heavy atom. The zero-order valence-corrected chi connectivity index (χ0v) is 8.55. The van der Waals surface area contributed by atoms with Crippen LogP contribution in [0.25, 0.3) is 0 Å². The zero-order chi connectivity index (χ0) is 11.6. The van der Waals surface area contributed by atoms with E-state index in [1.165, 1.54) is 18.2 Å². The van der Waals surface area contributed by atoms with E-state index in [0.717, 1.165) is 6.92 Å². The molecule has 1 N–H and O–H groups in total. The average molecular weight is 214 g/mol. The van der Waals surface area contributed by atoms with Gasteiger partial charge in [0.2, 0.25) is 0 Å². The maximum absolute atomic E-state index is 13.2. The van der Waals surface area contributed by atoms with Gasteiger partial charge in [0.05, 0.1) is 5.56 Å². The Labute approximate surface area is 86.5 Å². The minimum Gasteiger partial charge on any atom is -0.478 e. The van der Waals surface area contributed by atoms with Crippen molar-refractivity contribution >= 4 is 5.97 Å². The number of benzene rings is 1. The monoisotopic (exact) mass is 214 g/mol. The number of carboxylic acid groups (broad SMARTS) is 1. The number of aromatic carboxylic acids is 1. The van der Waals surface area contributed by atoms with Crippen molar-refractivity contribution in [3.05, 3.63) is 34.9 Å². The van der Waals surface area contributed by atoms with E-state index in [0.29, 0.717) is 0 Å². The standard InChI is InChI=1S/C11H12F2O2/c1-3-7-8(10(14)15)5-4-6-9(7)11(2,12)13/h4-6H,3H2,1-2H3,(H,14,15). The lowest BCUT2D eigenvalue weighted by Crippen LogP contribution is -2.14. The zero-order valence-electron chi connectivity index (χ0n) is 8.55. The van der Waals surface area contributed by atoms with E-state index in [1.807, 2.05) is 0 Å². The normalized spacial score (nSPS) is 11.5. The molecule has 0 saturated heterocycles. The van der Waals surface area contributed by atoms with Crippen molar-refractivity contribution in [3.8, 4) is 0 Å². The first-order valence-electron chi connectivity index (χ1n) is 4.61. The largest absolute Gasteiger partial charge is 0.478 e. The molecule has 0 fully saturated rings. The van der Waals surface area contributed by atoms with Gasteiger partial charge in [0.15, 0.2) is 0 Å². The smallest absolute Gasteiger partial charge is 0.335 e. The van der Waals surface area contributed by atoms with Crippen LogP contribution in [0.3, 0.4) is 0 Å². The van der Waals surface area contributed by atoms with E-state index in [-0.39, 0.29) is 23.1 Å². The maximum Gasteiger partial charge on any atom is 0.335 e. The summed E-state index contributed by atoms with van der Waals surface area (Å²) in [4.78, 5) is 10.8. The van der Waals surface area contributed by atoms with Crippen molar-refractivity contribution in [1.29, 1.82) is 0 Å². The van der Waals surface area contributed by atoms with Crippen molar-refractivity contribution in [2.45, 2.75) is 26.2 Å². The Kier molecular flexibility index (Phi) is 3.07. The molecular formula is C11H12F2O2. The summed E-state index contributed by atoms with van der Waals surface area (Å²) < 4.78 is 26.3. The van der Waals surface area contributed by atoms with Crippen molar-refractivity contribution in [1.82, 2.24) is 0 Å². The second-order valence-electron chi connectivity index (χ2n) is 3.38. The van der Waals surface area contributed by atoms with Crippen LogP contribution in [-0.4, -0.2) is 11.1 Å². The second kappa shape index (κ2) is 3.96. The van der Waals surface area contributed by atoms with Crippen LogP contribution in [0.15, 0.2) is 18.2 Å². The molecule has 82 valence electrons. The van der Waals surface area contributed by atoms with Crippen LogP contribution in [0.2, 0.25) is 0 Å². The Bertz CT molecular complexity index is 381. The molecule has 2 nitrogen and oxygen atoms in total. The summed E-state index contributed by atoms with van der Waals surface area (Å²) in [6, 6.07) is 3.96. The van der Waals surface area contributed by atoms with E-state index < -0.39 is 11.9 Å². The molecule has 0 aliphatic heterocycles. The molecule has 0 saturated carbocycles. The van der Waals surface area contributed by atoms with Crippen LogP contribution >= 0.6 is 0 Å². The predicted octanol–water partition coefficient (Wildman–Crippen LogP) is 3.06. The molecule has 1 aromatic carbocycles. The fourth-order valence-electron chi connectivity index (χ4n) is 1.58. The summed E-state index contributed by atoms with van der Waals surface area (Å²) in [6.45, 7) is 2.43. The molecule has 4 heteroatoms. The number of rotatable bonds is 3. The molecule has 0 aromatic heterocycles. The van der Waals surface area contributed by atoms with E-state index in [4.69, 9.17) is 5.11 Å². The van der Waals surface area contributed by atoms with Gasteiger partial charge in [-0.1, -0.05) is 19.1 Å². The molecular weight excluding hydrogens is 202 g/mol. The number of hydrogen-bond acceptors (Lipinski definition) is 1. The maximum atomic E-state index is 13.2. The highest BCUT2D eigenvalue weighted by molar-refractivity contribution is 5.89. The van der Waals surface area contributed by atoms with Crippen molar-refractivity contribution in [2.75, 3.05) is 0 Å². The van der Waals surface area contributed by atoms with Gasteiger partial charge < -0.3 is 5.11 Å². The summed E-state index contributed by atoms with van der Waals surface area (Å²) in [7, 11) is 0. The fraction of sp³-hybridized carbons (Fsp3) is 0.364. The van der Waals surface area contributed by atoms with Gasteiger partial charge in [-0.2, -0.15) is 0 Å². The van der Waals surface area contributed by atoms with Gasteiger partial charge in [-0.25, -0.2) is 13.6 Å². The quantitative estimate of drug-likeness (QED) is 0.839. The third-order valence-electron chi connectivity index (χ3n) is 2.23. The van der Waals surface area contributed by atoms with Crippen molar-refractivity contribution < 1.29 is 18.7 Å². The van der Waals surface area contributed by atoms with Gasteiger partial charge in [-0.15, -0.1) is 0 Å². The molecule has 0 bridgehead atoms. The van der Waals surface area contributed by atoms with E-state index in [2.05, 4.69) is 0 Å². The van der Waals surface area contributed by atoms with Gasteiger partial charge >= 0.3 is 5.97 Å². The highest BCUT2D eigenvalue weighted by Gasteiger charge is 2.28. The predicted molar refractivity (Wildman–Crippen MR) is 52.3 cm³/mol. The summed E-state index contributed by atoms with van der Waals surface area (Å²) >= 11 is 0. The lowest BCUT2D eigenvalue weighted by Gasteiger charge is -2.16. The molecule has 0 spiro atoms. The summed E-state index contributed by atoms with van der Waals surface area (Å²) in [5.41, 5.74) is -0.0427. The molecule has 1 rings (SSSR count). The summed E-state index contributed by atoms with van der Waals surface area (Å²) in [5, 5.41) is 8.84. The van der Waals surface area contributed by atoms with Gasteiger partial charge in [0, 0.05) is 12.5 Å². The average Bonchev–Trinajstić information content (AvgIpc) is 2.15. The molecule has 1 aromatic rings. The molecule has 0 aliphatic rings. The van der Waals surface area contributed by atoms with Crippen molar-refractivity contribution in [2.24, 2.45) is 0 Å². The number of alkyl halides is 2. The summed E-state index contributed by atoms with van der Waals surface area (Å²) in [5.74, 6) is -4.17. The van der Waals surface area contributed by atoms with E-state index in [1.54, 1.807) is 6.92 Å². The Morgan fingerprint density at radius 3 is 2.47 bits per heavy atom. The molecule has 15 heavy (non-hydrogen) atoms. The van der Waals surface area contributed by atoms with E-state index >= 15 is 0 Å². The van der Waals surface area contributed by atoms with E-state index in [9.17, 15) is 13.6 Å². The molecule has 0 amide bonds. The first-order valence-corrected chi connectivity index (χ1v) is 4.61. The van der Waals surface area contributed by atoms with Gasteiger partial charge in [0.1, 0.15) is 0 Å². The number of halogens is 2. The first kappa shape index (κ1) is 11.6. The lowest BCUT2D eigenvalue weighted by atomic mass is 9.95. The Balaban J connectivity index is 3.42. The molecule has 0 aliphatic carbocycles. The van der Waals surface area contributed by atoms with Crippen LogP contribution in [0.1, 0.15) is 35.3 Å². The van der Waals surface area contributed by atoms with Crippen LogP contribution in [0.4, 0.5) is 8.78 Å². The fourth-order valence-corrected chi connectivity index (χ4v) is 1.58. The van der Waals surface area contributed by atoms with Crippen molar-refractivity contribution in [3.63, 3.8) is 0 Å². The van der Waals surface area contributed by atoms with Gasteiger partial charge in [-0.05, 0) is 18.1 Å². The minimum atomic E-state index is -3.00. The Morgan fingerprint density at radius 1 is 1.47 bits per heavy atom. The topological polar surface area (TPSA) is 37.3 Å². The van der Waals surface area contributed by atoms with Crippen LogP contribution in [0, 0.1) is 0 Å². The van der Waals surface area contributed by atoms with Crippen LogP contribution in [0.5, 0.6) is 0 Å².